The van der Waals surface area contributed by atoms with Crippen molar-refractivity contribution in [2.24, 2.45) is 0 Å². The molecule has 1 aromatic rings. The van der Waals surface area contributed by atoms with Crippen molar-refractivity contribution in [3.05, 3.63) is 41.1 Å². The van der Waals surface area contributed by atoms with Crippen LogP contribution in [-0.2, 0) is 11.0 Å². The summed E-state index contributed by atoms with van der Waals surface area (Å²) in [6.07, 6.45) is 3.23. The van der Waals surface area contributed by atoms with Gasteiger partial charge in [-0.3, -0.25) is 0 Å². The summed E-state index contributed by atoms with van der Waals surface area (Å²) >= 11 is 0. The zero-order valence-corrected chi connectivity index (χ0v) is 11.2. The molecule has 0 aliphatic carbocycles. The lowest BCUT2D eigenvalue weighted by atomic mass is 10.2. The highest BCUT2D eigenvalue weighted by Crippen LogP contribution is 2.43. The molecule has 0 bridgehead atoms. The van der Waals surface area contributed by atoms with Crippen LogP contribution in [0.15, 0.2) is 30.3 Å². The van der Waals surface area contributed by atoms with Crippen LogP contribution >= 0.6 is 7.92 Å². The smallest absolute Gasteiger partial charge is 0.112 e. The maximum Gasteiger partial charge on any atom is 0.112 e. The number of rotatable bonds is 4. The lowest BCUT2D eigenvalue weighted by molar-refractivity contribution is -1.06. The Morgan fingerprint density at radius 2 is 1.88 bits per heavy atom. The minimum absolute atomic E-state index is 0.0128. The van der Waals surface area contributed by atoms with Crippen molar-refractivity contribution >= 4 is 7.92 Å². The van der Waals surface area contributed by atoms with E-state index in [0.717, 1.165) is 18.5 Å². The largest absolute Gasteiger partial charge is 0.598 e. The Morgan fingerprint density at radius 3 is 2.47 bits per heavy atom. The van der Waals surface area contributed by atoms with Gasteiger partial charge >= 0.3 is 0 Å². The first-order valence-corrected chi connectivity index (χ1v) is 8.10. The van der Waals surface area contributed by atoms with E-state index in [4.69, 9.17) is 4.84 Å². The van der Waals surface area contributed by atoms with Crippen LogP contribution in [0.25, 0.3) is 0 Å². The Bertz CT molecular complexity index is 337. The van der Waals surface area contributed by atoms with Gasteiger partial charge in [0.15, 0.2) is 0 Å². The topological polar surface area (TPSA) is 32.3 Å². The van der Waals surface area contributed by atoms with E-state index < -0.39 is 4.81 Å². The Balaban J connectivity index is 1.83. The highest BCUT2D eigenvalue weighted by Gasteiger charge is 2.27. The SMILES string of the molecule is CCO[N+]1([O-])CCP(Cc2ccccc2)CC1. The van der Waals surface area contributed by atoms with E-state index in [-0.39, 0.29) is 7.92 Å². The lowest BCUT2D eigenvalue weighted by Crippen LogP contribution is -2.48. The zero-order chi connectivity index (χ0) is 12.1. The maximum absolute atomic E-state index is 12.0. The predicted octanol–water partition coefficient (Wildman–Crippen LogP) is 2.95. The van der Waals surface area contributed by atoms with Crippen LogP contribution in [0.4, 0.5) is 0 Å². The summed E-state index contributed by atoms with van der Waals surface area (Å²) in [6.45, 7) is 3.66. The first-order valence-electron chi connectivity index (χ1n) is 6.21. The molecule has 17 heavy (non-hydrogen) atoms. The molecule has 0 spiro atoms. The van der Waals surface area contributed by atoms with E-state index in [0.29, 0.717) is 19.7 Å². The van der Waals surface area contributed by atoms with E-state index in [1.54, 1.807) is 0 Å². The molecule has 3 nitrogen and oxygen atoms in total. The van der Waals surface area contributed by atoms with Gasteiger partial charge in [-0.05, 0) is 18.6 Å². The Kier molecular flexibility index (Phi) is 4.52. The fourth-order valence-electron chi connectivity index (χ4n) is 2.18. The molecule has 0 radical (unpaired) electrons. The molecular weight excluding hydrogens is 233 g/mol. The minimum atomic E-state index is -0.426. The Hall–Kier alpha value is -0.470. The van der Waals surface area contributed by atoms with Crippen molar-refractivity contribution in [3.63, 3.8) is 0 Å². The Labute approximate surface area is 104 Å². The molecule has 0 atom stereocenters. The average Bonchev–Trinajstić information content (AvgIpc) is 2.34. The van der Waals surface area contributed by atoms with Crippen molar-refractivity contribution in [1.29, 1.82) is 0 Å². The van der Waals surface area contributed by atoms with Gasteiger partial charge in [-0.1, -0.05) is 38.3 Å². The molecule has 0 N–H and O–H groups in total. The fraction of sp³-hybridized carbons (Fsp3) is 0.538. The van der Waals surface area contributed by atoms with Crippen molar-refractivity contribution in [1.82, 2.24) is 0 Å². The van der Waals surface area contributed by atoms with Gasteiger partial charge in [-0.15, -0.1) is 0 Å². The minimum Gasteiger partial charge on any atom is -0.598 e. The number of nitrogens with zero attached hydrogens (tertiary/aromatic N) is 1. The molecule has 0 unspecified atom stereocenters. The first-order chi connectivity index (χ1) is 8.22. The molecule has 4 heteroatoms. The second-order valence-corrected chi connectivity index (χ2v) is 6.99. The molecule has 94 valence electrons. The maximum atomic E-state index is 12.0. The van der Waals surface area contributed by atoms with Gasteiger partial charge in [0.2, 0.25) is 0 Å². The van der Waals surface area contributed by atoms with Gasteiger partial charge in [0.05, 0.1) is 0 Å². The summed E-state index contributed by atoms with van der Waals surface area (Å²) in [4.78, 5) is 4.83. The summed E-state index contributed by atoms with van der Waals surface area (Å²) in [5.41, 5.74) is 1.40. The molecule has 2 rings (SSSR count). The fourth-order valence-corrected chi connectivity index (χ4v) is 4.62. The third-order valence-corrected chi connectivity index (χ3v) is 5.60. The first kappa shape index (κ1) is 13.0. The molecule has 0 aromatic heterocycles. The van der Waals surface area contributed by atoms with Crippen LogP contribution in [0.1, 0.15) is 12.5 Å². The van der Waals surface area contributed by atoms with Crippen molar-refractivity contribution in [2.45, 2.75) is 13.1 Å². The highest BCUT2D eigenvalue weighted by atomic mass is 31.1. The normalized spacial score (nSPS) is 29.2. The summed E-state index contributed by atoms with van der Waals surface area (Å²) in [6, 6.07) is 10.6. The van der Waals surface area contributed by atoms with E-state index in [2.05, 4.69) is 24.3 Å². The molecular formula is C13H20NO2P. The molecule has 0 saturated carbocycles. The molecule has 1 heterocycles. The van der Waals surface area contributed by atoms with E-state index in [1.807, 2.05) is 13.0 Å². The third-order valence-electron chi connectivity index (χ3n) is 3.13. The van der Waals surface area contributed by atoms with Crippen LogP contribution in [0.3, 0.4) is 0 Å². The molecule has 1 fully saturated rings. The van der Waals surface area contributed by atoms with Crippen LogP contribution < -0.4 is 0 Å². The van der Waals surface area contributed by atoms with Gasteiger partial charge in [0.1, 0.15) is 19.7 Å². The van der Waals surface area contributed by atoms with Gasteiger partial charge in [0, 0.05) is 12.3 Å². The molecule has 1 aliphatic heterocycles. The number of quaternary nitrogens is 1. The quantitative estimate of drug-likeness (QED) is 0.469. The second-order valence-electron chi connectivity index (χ2n) is 4.44. The third kappa shape index (κ3) is 3.75. The Morgan fingerprint density at radius 1 is 1.24 bits per heavy atom. The van der Waals surface area contributed by atoms with E-state index in [9.17, 15) is 5.21 Å². The van der Waals surface area contributed by atoms with Crippen LogP contribution in [-0.4, -0.2) is 36.8 Å². The molecule has 1 aromatic carbocycles. The van der Waals surface area contributed by atoms with Gasteiger partial charge in [-0.25, -0.2) is 9.65 Å². The summed E-state index contributed by atoms with van der Waals surface area (Å²) < 4.78 is 0. The summed E-state index contributed by atoms with van der Waals surface area (Å²) in [5, 5.41) is 12.0. The van der Waals surface area contributed by atoms with Crippen LogP contribution in [0, 0.1) is 5.21 Å². The van der Waals surface area contributed by atoms with Crippen LogP contribution in [0.2, 0.25) is 0 Å². The van der Waals surface area contributed by atoms with Gasteiger partial charge < -0.3 is 5.21 Å². The average molecular weight is 253 g/mol. The number of hydrogen-bond donors (Lipinski definition) is 0. The number of benzene rings is 1. The van der Waals surface area contributed by atoms with Gasteiger partial charge in [0.25, 0.3) is 0 Å². The van der Waals surface area contributed by atoms with E-state index in [1.165, 1.54) is 5.56 Å². The molecule has 1 aliphatic rings. The molecule has 0 amide bonds. The zero-order valence-electron chi connectivity index (χ0n) is 10.3. The highest BCUT2D eigenvalue weighted by molar-refractivity contribution is 7.56. The monoisotopic (exact) mass is 253 g/mol. The second kappa shape index (κ2) is 5.92. The number of hydrogen-bond acceptors (Lipinski definition) is 2. The van der Waals surface area contributed by atoms with E-state index >= 15 is 0 Å². The standard InChI is InChI=1S/C13H20NO2P/c1-2-16-14(15)8-10-17(11-9-14)12-13-6-4-3-5-7-13/h3-7H,2,8-12H2,1H3. The number of hydroxylamine groups is 4. The summed E-state index contributed by atoms with van der Waals surface area (Å²) in [7, 11) is -0.0128. The lowest BCUT2D eigenvalue weighted by Gasteiger charge is -2.43. The van der Waals surface area contributed by atoms with Crippen molar-refractivity contribution < 1.29 is 9.65 Å². The molecule has 1 saturated heterocycles. The van der Waals surface area contributed by atoms with Crippen molar-refractivity contribution in [2.75, 3.05) is 32.0 Å². The predicted molar refractivity (Wildman–Crippen MR) is 71.8 cm³/mol. The van der Waals surface area contributed by atoms with Gasteiger partial charge in [-0.2, -0.15) is 0 Å². The van der Waals surface area contributed by atoms with Crippen molar-refractivity contribution in [3.8, 4) is 0 Å². The van der Waals surface area contributed by atoms with Crippen LogP contribution in [0.5, 0.6) is 0 Å². The summed E-state index contributed by atoms with van der Waals surface area (Å²) in [5.74, 6) is 0.